The zero-order valence-electron chi connectivity index (χ0n) is 7.58. The molecule has 0 bridgehead atoms. The molecule has 2 heterocycles. The molecular formula is C9H17N3. The molecule has 1 saturated heterocycles. The number of hydrogen-bond donors (Lipinski definition) is 0. The van der Waals surface area contributed by atoms with Gasteiger partial charge in [0, 0.05) is 26.2 Å². The van der Waals surface area contributed by atoms with Gasteiger partial charge in [-0.05, 0) is 19.3 Å². The Bertz CT molecular complexity index is 167. The summed E-state index contributed by atoms with van der Waals surface area (Å²) in [6.07, 6.45) is 7.29. The van der Waals surface area contributed by atoms with Crippen LogP contribution in [0.1, 0.15) is 25.7 Å². The SMILES string of the molecule is C1=NCCCN2CCCCCN12. The molecule has 0 unspecified atom stereocenters. The minimum Gasteiger partial charge on any atom is -0.296 e. The highest BCUT2D eigenvalue weighted by molar-refractivity contribution is 5.54. The fourth-order valence-corrected chi connectivity index (χ4v) is 1.88. The van der Waals surface area contributed by atoms with E-state index in [-0.39, 0.29) is 0 Å². The first-order chi connectivity index (χ1) is 5.97. The molecule has 0 amide bonds. The maximum Gasteiger partial charge on any atom is 0.0994 e. The summed E-state index contributed by atoms with van der Waals surface area (Å²) in [5.41, 5.74) is 0. The molecule has 3 heteroatoms. The van der Waals surface area contributed by atoms with E-state index in [1.165, 1.54) is 45.3 Å². The van der Waals surface area contributed by atoms with Crippen LogP contribution < -0.4 is 0 Å². The Balaban J connectivity index is 2.02. The van der Waals surface area contributed by atoms with Gasteiger partial charge >= 0.3 is 0 Å². The number of fused-ring (bicyclic) bond motifs is 1. The molecule has 0 N–H and O–H groups in total. The highest BCUT2D eigenvalue weighted by Crippen LogP contribution is 2.11. The molecule has 0 aliphatic carbocycles. The fraction of sp³-hybridized carbons (Fsp3) is 0.889. The predicted octanol–water partition coefficient (Wildman–Crippen LogP) is 1.12. The second-order valence-electron chi connectivity index (χ2n) is 3.55. The Morgan fingerprint density at radius 3 is 2.75 bits per heavy atom. The van der Waals surface area contributed by atoms with Gasteiger partial charge in [-0.2, -0.15) is 0 Å². The molecule has 68 valence electrons. The second-order valence-corrected chi connectivity index (χ2v) is 3.55. The van der Waals surface area contributed by atoms with Crippen LogP contribution in [-0.2, 0) is 0 Å². The highest BCUT2D eigenvalue weighted by atomic mass is 15.6. The predicted molar refractivity (Wildman–Crippen MR) is 50.1 cm³/mol. The van der Waals surface area contributed by atoms with E-state index in [4.69, 9.17) is 0 Å². The van der Waals surface area contributed by atoms with E-state index in [1.807, 2.05) is 6.34 Å². The molecule has 1 fully saturated rings. The van der Waals surface area contributed by atoms with E-state index < -0.39 is 0 Å². The van der Waals surface area contributed by atoms with Crippen molar-refractivity contribution in [3.05, 3.63) is 0 Å². The van der Waals surface area contributed by atoms with Crippen molar-refractivity contribution in [3.8, 4) is 0 Å². The Morgan fingerprint density at radius 2 is 1.75 bits per heavy atom. The maximum atomic E-state index is 4.36. The number of hydrogen-bond acceptors (Lipinski definition) is 3. The Labute approximate surface area is 74.0 Å². The Morgan fingerprint density at radius 1 is 0.917 bits per heavy atom. The van der Waals surface area contributed by atoms with Gasteiger partial charge in [0.25, 0.3) is 0 Å². The van der Waals surface area contributed by atoms with Crippen LogP contribution in [0.2, 0.25) is 0 Å². The fourth-order valence-electron chi connectivity index (χ4n) is 1.88. The van der Waals surface area contributed by atoms with Crippen LogP contribution in [0.4, 0.5) is 0 Å². The summed E-state index contributed by atoms with van der Waals surface area (Å²) in [6.45, 7) is 4.60. The van der Waals surface area contributed by atoms with Crippen molar-refractivity contribution in [1.82, 2.24) is 10.0 Å². The van der Waals surface area contributed by atoms with Gasteiger partial charge in [-0.15, -0.1) is 0 Å². The molecular weight excluding hydrogens is 150 g/mol. The van der Waals surface area contributed by atoms with Crippen LogP contribution in [0.25, 0.3) is 0 Å². The lowest BCUT2D eigenvalue weighted by Crippen LogP contribution is -2.41. The molecule has 0 aromatic heterocycles. The van der Waals surface area contributed by atoms with Crippen LogP contribution in [0, 0.1) is 0 Å². The average molecular weight is 167 g/mol. The monoisotopic (exact) mass is 167 g/mol. The van der Waals surface area contributed by atoms with Crippen LogP contribution >= 0.6 is 0 Å². The minimum atomic E-state index is 1.01. The molecule has 2 aliphatic rings. The van der Waals surface area contributed by atoms with Crippen molar-refractivity contribution in [2.24, 2.45) is 4.99 Å². The van der Waals surface area contributed by atoms with E-state index >= 15 is 0 Å². The molecule has 0 saturated carbocycles. The summed E-state index contributed by atoms with van der Waals surface area (Å²) in [4.78, 5) is 4.36. The van der Waals surface area contributed by atoms with Crippen LogP contribution in [0.5, 0.6) is 0 Å². The number of aliphatic imine (C=N–C) groups is 1. The first kappa shape index (κ1) is 8.05. The zero-order chi connectivity index (χ0) is 8.23. The van der Waals surface area contributed by atoms with Gasteiger partial charge in [0.2, 0.25) is 0 Å². The number of hydrazine groups is 1. The number of rotatable bonds is 0. The third-order valence-corrected chi connectivity index (χ3v) is 2.59. The summed E-state index contributed by atoms with van der Waals surface area (Å²) >= 11 is 0. The molecule has 2 rings (SSSR count). The first-order valence-electron chi connectivity index (χ1n) is 4.98. The van der Waals surface area contributed by atoms with E-state index in [0.29, 0.717) is 0 Å². The summed E-state index contributed by atoms with van der Waals surface area (Å²) in [5, 5.41) is 4.75. The van der Waals surface area contributed by atoms with Crippen molar-refractivity contribution in [2.45, 2.75) is 25.7 Å². The topological polar surface area (TPSA) is 18.8 Å². The van der Waals surface area contributed by atoms with E-state index in [2.05, 4.69) is 15.0 Å². The molecule has 12 heavy (non-hydrogen) atoms. The summed E-state index contributed by atoms with van der Waals surface area (Å²) < 4.78 is 0. The maximum absolute atomic E-state index is 4.36. The molecule has 0 spiro atoms. The van der Waals surface area contributed by atoms with Crippen LogP contribution in [0.15, 0.2) is 4.99 Å². The zero-order valence-corrected chi connectivity index (χ0v) is 7.58. The van der Waals surface area contributed by atoms with Gasteiger partial charge in [-0.1, -0.05) is 6.42 Å². The van der Waals surface area contributed by atoms with Crippen LogP contribution in [0.3, 0.4) is 0 Å². The highest BCUT2D eigenvalue weighted by Gasteiger charge is 2.16. The van der Waals surface area contributed by atoms with Crippen molar-refractivity contribution in [3.63, 3.8) is 0 Å². The molecule has 2 aliphatic heterocycles. The lowest BCUT2D eigenvalue weighted by molar-refractivity contribution is 0.0648. The largest absolute Gasteiger partial charge is 0.296 e. The molecule has 0 atom stereocenters. The molecule has 3 nitrogen and oxygen atoms in total. The Hall–Kier alpha value is -0.570. The van der Waals surface area contributed by atoms with E-state index in [9.17, 15) is 0 Å². The van der Waals surface area contributed by atoms with Gasteiger partial charge < -0.3 is 0 Å². The molecule has 0 aromatic rings. The normalized spacial score (nSPS) is 26.2. The Kier molecular flexibility index (Phi) is 2.61. The second kappa shape index (κ2) is 3.90. The summed E-state index contributed by atoms with van der Waals surface area (Å²) in [5.74, 6) is 0. The lowest BCUT2D eigenvalue weighted by Gasteiger charge is -2.29. The van der Waals surface area contributed by atoms with Gasteiger partial charge in [0.1, 0.15) is 0 Å². The summed E-state index contributed by atoms with van der Waals surface area (Å²) in [6, 6.07) is 0. The third-order valence-electron chi connectivity index (χ3n) is 2.59. The summed E-state index contributed by atoms with van der Waals surface area (Å²) in [7, 11) is 0. The molecule has 0 radical (unpaired) electrons. The first-order valence-corrected chi connectivity index (χ1v) is 4.98. The van der Waals surface area contributed by atoms with E-state index in [1.54, 1.807) is 0 Å². The van der Waals surface area contributed by atoms with Crippen molar-refractivity contribution in [1.29, 1.82) is 0 Å². The minimum absolute atomic E-state index is 1.01. The standard InChI is InChI=1S/C9H17N3/c1-2-6-11-8-4-5-10-9-12(11)7-3-1/h9H,1-8H2. The lowest BCUT2D eigenvalue weighted by atomic mass is 10.2. The third kappa shape index (κ3) is 1.78. The van der Waals surface area contributed by atoms with E-state index in [0.717, 1.165) is 6.54 Å². The van der Waals surface area contributed by atoms with Crippen molar-refractivity contribution in [2.75, 3.05) is 26.2 Å². The van der Waals surface area contributed by atoms with Gasteiger partial charge in [0.05, 0.1) is 6.34 Å². The smallest absolute Gasteiger partial charge is 0.0994 e. The van der Waals surface area contributed by atoms with Crippen molar-refractivity contribution >= 4 is 6.34 Å². The molecule has 0 aromatic carbocycles. The quantitative estimate of drug-likeness (QED) is 0.538. The number of nitrogens with zero attached hydrogens (tertiary/aromatic N) is 3. The van der Waals surface area contributed by atoms with Gasteiger partial charge in [-0.3, -0.25) is 10.0 Å². The van der Waals surface area contributed by atoms with Crippen LogP contribution in [-0.4, -0.2) is 42.5 Å². The average Bonchev–Trinajstić information content (AvgIpc) is 2.38. The van der Waals surface area contributed by atoms with Gasteiger partial charge in [0.15, 0.2) is 0 Å². The van der Waals surface area contributed by atoms with Crippen molar-refractivity contribution < 1.29 is 0 Å². The van der Waals surface area contributed by atoms with Gasteiger partial charge in [-0.25, -0.2) is 5.01 Å².